The summed E-state index contributed by atoms with van der Waals surface area (Å²) in [6, 6.07) is 9.48. The van der Waals surface area contributed by atoms with Crippen LogP contribution in [0.1, 0.15) is 33.6 Å². The molecule has 0 fully saturated rings. The van der Waals surface area contributed by atoms with Gasteiger partial charge in [0, 0.05) is 18.5 Å². The number of nitrogens with one attached hydrogen (secondary N) is 1. The number of hydrogen-bond acceptors (Lipinski definition) is 3. The van der Waals surface area contributed by atoms with Gasteiger partial charge in [0.25, 0.3) is 12.3 Å². The lowest BCUT2D eigenvalue weighted by Gasteiger charge is -2.10. The second-order valence-corrected chi connectivity index (χ2v) is 6.71. The van der Waals surface area contributed by atoms with Gasteiger partial charge in [-0.2, -0.15) is 9.49 Å². The first-order valence-electron chi connectivity index (χ1n) is 7.80. The summed E-state index contributed by atoms with van der Waals surface area (Å²) in [5.74, 6) is -2.00. The number of benzene rings is 1. The zero-order valence-corrected chi connectivity index (χ0v) is 14.9. The molecule has 0 unspecified atom stereocenters. The van der Waals surface area contributed by atoms with E-state index in [1.54, 1.807) is 11.3 Å². The summed E-state index contributed by atoms with van der Waals surface area (Å²) in [4.78, 5) is 13.3. The van der Waals surface area contributed by atoms with Gasteiger partial charge in [-0.1, -0.05) is 24.3 Å². The largest absolute Gasteiger partial charge is 0.348 e. The number of hydrogen-bond donors (Lipinski definition) is 1. The standard InChI is InChI=1S/C18H16F3N3OS/c1-10-7-13(26-9-10)12-6-4-3-5-11(12)8-22-18(25)14-15(16(19)20)23-24(2)17(14)21/h3-7,9,16H,8H2,1-2H3,(H,22,25). The average molecular weight is 379 g/mol. The summed E-state index contributed by atoms with van der Waals surface area (Å²) >= 11 is 1.57. The van der Waals surface area contributed by atoms with E-state index in [-0.39, 0.29) is 6.54 Å². The first-order valence-corrected chi connectivity index (χ1v) is 8.68. The van der Waals surface area contributed by atoms with Crippen molar-refractivity contribution in [3.05, 3.63) is 64.0 Å². The molecule has 0 aliphatic heterocycles. The molecule has 4 nitrogen and oxygen atoms in total. The Bertz CT molecular complexity index is 949. The van der Waals surface area contributed by atoms with Crippen LogP contribution in [0.2, 0.25) is 0 Å². The van der Waals surface area contributed by atoms with Crippen LogP contribution in [0.15, 0.2) is 35.7 Å². The Labute approximate surface area is 152 Å². The predicted octanol–water partition coefficient (Wildman–Crippen LogP) is 4.46. The van der Waals surface area contributed by atoms with Gasteiger partial charge in [0.1, 0.15) is 11.3 Å². The zero-order chi connectivity index (χ0) is 18.8. The summed E-state index contributed by atoms with van der Waals surface area (Å²) in [5.41, 5.74) is 1.30. The van der Waals surface area contributed by atoms with Crippen molar-refractivity contribution in [2.45, 2.75) is 19.9 Å². The zero-order valence-electron chi connectivity index (χ0n) is 14.1. The second-order valence-electron chi connectivity index (χ2n) is 5.80. The molecule has 2 aromatic heterocycles. The number of aromatic nitrogens is 2. The first-order chi connectivity index (χ1) is 12.4. The number of alkyl halides is 2. The van der Waals surface area contributed by atoms with Crippen LogP contribution in [0, 0.1) is 12.9 Å². The highest BCUT2D eigenvalue weighted by molar-refractivity contribution is 7.13. The second kappa shape index (κ2) is 7.33. The summed E-state index contributed by atoms with van der Waals surface area (Å²) in [6.45, 7) is 2.07. The molecule has 1 N–H and O–H groups in total. The van der Waals surface area contributed by atoms with E-state index < -0.39 is 29.5 Å². The molecule has 1 amide bonds. The van der Waals surface area contributed by atoms with Crippen molar-refractivity contribution < 1.29 is 18.0 Å². The van der Waals surface area contributed by atoms with E-state index in [4.69, 9.17) is 0 Å². The molecule has 0 bridgehead atoms. The fourth-order valence-corrected chi connectivity index (χ4v) is 3.60. The maximum absolute atomic E-state index is 14.0. The lowest BCUT2D eigenvalue weighted by atomic mass is 10.1. The number of amides is 1. The molecule has 0 saturated carbocycles. The van der Waals surface area contributed by atoms with Crippen LogP contribution in [0.3, 0.4) is 0 Å². The van der Waals surface area contributed by atoms with E-state index in [0.29, 0.717) is 4.68 Å². The van der Waals surface area contributed by atoms with Gasteiger partial charge in [-0.05, 0) is 35.1 Å². The van der Waals surface area contributed by atoms with Crippen LogP contribution in [-0.4, -0.2) is 15.7 Å². The van der Waals surface area contributed by atoms with Crippen LogP contribution in [-0.2, 0) is 13.6 Å². The van der Waals surface area contributed by atoms with Crippen LogP contribution in [0.4, 0.5) is 13.2 Å². The minimum atomic E-state index is -3.03. The summed E-state index contributed by atoms with van der Waals surface area (Å²) in [5, 5.41) is 7.93. The van der Waals surface area contributed by atoms with Gasteiger partial charge in [0.2, 0.25) is 5.95 Å². The molecule has 0 spiro atoms. The molecular formula is C18H16F3N3OS. The molecule has 136 valence electrons. The van der Waals surface area contributed by atoms with Gasteiger partial charge < -0.3 is 5.32 Å². The quantitative estimate of drug-likeness (QED) is 0.711. The normalized spacial score (nSPS) is 11.2. The van der Waals surface area contributed by atoms with E-state index >= 15 is 0 Å². The number of carbonyl (C=O) groups is 1. The Morgan fingerprint density at radius 3 is 2.73 bits per heavy atom. The monoisotopic (exact) mass is 379 g/mol. The Morgan fingerprint density at radius 2 is 2.08 bits per heavy atom. The number of aryl methyl sites for hydroxylation is 2. The highest BCUT2D eigenvalue weighted by Gasteiger charge is 2.28. The minimum absolute atomic E-state index is 0.0863. The van der Waals surface area contributed by atoms with Gasteiger partial charge in [-0.15, -0.1) is 11.3 Å². The number of carbonyl (C=O) groups excluding carboxylic acids is 1. The van der Waals surface area contributed by atoms with Crippen LogP contribution in [0.25, 0.3) is 10.4 Å². The number of halogens is 3. The van der Waals surface area contributed by atoms with E-state index in [0.717, 1.165) is 21.6 Å². The predicted molar refractivity (Wildman–Crippen MR) is 93.8 cm³/mol. The van der Waals surface area contributed by atoms with Crippen molar-refractivity contribution in [2.75, 3.05) is 0 Å². The maximum atomic E-state index is 14.0. The van der Waals surface area contributed by atoms with Gasteiger partial charge in [0.15, 0.2) is 0 Å². The molecule has 0 saturated heterocycles. The fraction of sp³-hybridized carbons (Fsp3) is 0.222. The van der Waals surface area contributed by atoms with Crippen molar-refractivity contribution in [1.82, 2.24) is 15.1 Å². The molecule has 0 aliphatic rings. The Morgan fingerprint density at radius 1 is 1.35 bits per heavy atom. The van der Waals surface area contributed by atoms with Crippen molar-refractivity contribution in [1.29, 1.82) is 0 Å². The smallest absolute Gasteiger partial charge is 0.283 e. The van der Waals surface area contributed by atoms with Gasteiger partial charge in [0.05, 0.1) is 0 Å². The number of rotatable bonds is 5. The molecule has 26 heavy (non-hydrogen) atoms. The highest BCUT2D eigenvalue weighted by Crippen LogP contribution is 2.30. The summed E-state index contributed by atoms with van der Waals surface area (Å²) < 4.78 is 40.7. The van der Waals surface area contributed by atoms with E-state index in [9.17, 15) is 18.0 Å². The highest BCUT2D eigenvalue weighted by atomic mass is 32.1. The van der Waals surface area contributed by atoms with Crippen molar-refractivity contribution >= 4 is 17.2 Å². The third-order valence-corrected chi connectivity index (χ3v) is 4.97. The van der Waals surface area contributed by atoms with E-state index in [2.05, 4.69) is 10.4 Å². The topological polar surface area (TPSA) is 46.9 Å². The Kier molecular flexibility index (Phi) is 5.13. The van der Waals surface area contributed by atoms with Gasteiger partial charge in [-0.25, -0.2) is 13.5 Å². The van der Waals surface area contributed by atoms with Gasteiger partial charge in [-0.3, -0.25) is 4.79 Å². The first kappa shape index (κ1) is 18.2. The molecule has 0 radical (unpaired) electrons. The maximum Gasteiger partial charge on any atom is 0.283 e. The lowest BCUT2D eigenvalue weighted by molar-refractivity contribution is 0.0931. The molecule has 2 heterocycles. The summed E-state index contributed by atoms with van der Waals surface area (Å²) in [6.07, 6.45) is -3.03. The molecule has 3 aromatic rings. The SMILES string of the molecule is Cc1csc(-c2ccccc2CNC(=O)c2c(C(F)F)nn(C)c2F)c1. The average Bonchev–Trinajstić information content (AvgIpc) is 3.17. The molecule has 8 heteroatoms. The molecule has 1 aromatic carbocycles. The van der Waals surface area contributed by atoms with Crippen molar-refractivity contribution in [3.8, 4) is 10.4 Å². The van der Waals surface area contributed by atoms with E-state index in [1.807, 2.05) is 42.6 Å². The third kappa shape index (κ3) is 3.50. The summed E-state index contributed by atoms with van der Waals surface area (Å²) in [7, 11) is 1.17. The third-order valence-electron chi connectivity index (χ3n) is 3.89. The number of nitrogens with zero attached hydrogens (tertiary/aromatic N) is 2. The number of thiophene rings is 1. The minimum Gasteiger partial charge on any atom is -0.348 e. The fourth-order valence-electron chi connectivity index (χ4n) is 2.64. The molecule has 0 atom stereocenters. The van der Waals surface area contributed by atoms with Crippen molar-refractivity contribution in [2.24, 2.45) is 7.05 Å². The van der Waals surface area contributed by atoms with Gasteiger partial charge >= 0.3 is 0 Å². The van der Waals surface area contributed by atoms with Crippen LogP contribution >= 0.6 is 11.3 Å². The van der Waals surface area contributed by atoms with E-state index in [1.165, 1.54) is 7.05 Å². The Balaban J connectivity index is 1.84. The van der Waals surface area contributed by atoms with Crippen LogP contribution in [0.5, 0.6) is 0 Å². The molecule has 3 rings (SSSR count). The molecular weight excluding hydrogens is 363 g/mol. The molecule has 0 aliphatic carbocycles. The Hall–Kier alpha value is -2.61. The lowest BCUT2D eigenvalue weighted by Crippen LogP contribution is -2.25. The van der Waals surface area contributed by atoms with Crippen LogP contribution < -0.4 is 5.32 Å². The van der Waals surface area contributed by atoms with Crippen molar-refractivity contribution in [3.63, 3.8) is 0 Å².